The number of aromatic amines is 1. The molecule has 0 bridgehead atoms. The molecular weight excluding hydrogens is 364 g/mol. The molecule has 138 valence electrons. The summed E-state index contributed by atoms with van der Waals surface area (Å²) in [5, 5.41) is 4.26. The molecule has 0 saturated carbocycles. The number of hydrogen-bond acceptors (Lipinski definition) is 3. The van der Waals surface area contributed by atoms with Gasteiger partial charge in [-0.05, 0) is 29.3 Å². The maximum absolute atomic E-state index is 12.3. The molecule has 0 unspecified atom stereocenters. The Hall–Kier alpha value is -3.05. The number of benzene rings is 2. The van der Waals surface area contributed by atoms with E-state index in [4.69, 9.17) is 16.3 Å². The number of nitrogens with one attached hydrogen (secondary N) is 2. The number of methoxy groups -OCH3 is 1. The van der Waals surface area contributed by atoms with Gasteiger partial charge in [-0.25, -0.2) is 4.79 Å². The van der Waals surface area contributed by atoms with E-state index < -0.39 is 17.9 Å². The summed E-state index contributed by atoms with van der Waals surface area (Å²) in [5.74, 6) is -0.898. The Morgan fingerprint density at radius 2 is 1.93 bits per heavy atom. The molecule has 0 radical (unpaired) electrons. The van der Waals surface area contributed by atoms with Crippen LogP contribution in [-0.4, -0.2) is 30.0 Å². The van der Waals surface area contributed by atoms with Gasteiger partial charge in [0.1, 0.15) is 6.04 Å². The molecule has 0 saturated heterocycles. The number of hydrogen-bond donors (Lipinski definition) is 2. The number of amides is 1. The Bertz CT molecular complexity index is 994. The Morgan fingerprint density at radius 1 is 1.19 bits per heavy atom. The number of rotatable bonds is 6. The summed E-state index contributed by atoms with van der Waals surface area (Å²) < 4.78 is 4.85. The molecule has 1 heterocycles. The van der Waals surface area contributed by atoms with Gasteiger partial charge in [-0.1, -0.05) is 48.0 Å². The van der Waals surface area contributed by atoms with E-state index >= 15 is 0 Å². The molecule has 3 aromatic rings. The van der Waals surface area contributed by atoms with Crippen molar-refractivity contribution in [2.24, 2.45) is 0 Å². The highest BCUT2D eigenvalue weighted by atomic mass is 35.5. The summed E-state index contributed by atoms with van der Waals surface area (Å²) in [4.78, 5) is 27.6. The molecule has 1 atom stereocenters. The number of fused-ring (bicyclic) bond motifs is 1. The van der Waals surface area contributed by atoms with E-state index in [1.165, 1.54) is 13.2 Å². The Kier molecular flexibility index (Phi) is 5.94. The lowest BCUT2D eigenvalue weighted by molar-refractivity contribution is -0.144. The van der Waals surface area contributed by atoms with Gasteiger partial charge in [0.05, 0.1) is 7.11 Å². The topological polar surface area (TPSA) is 71.2 Å². The van der Waals surface area contributed by atoms with Crippen molar-refractivity contribution in [2.75, 3.05) is 7.11 Å². The first kappa shape index (κ1) is 18.7. The molecule has 5 nitrogen and oxygen atoms in total. The molecule has 1 aromatic heterocycles. The molecule has 0 aliphatic heterocycles. The first-order valence-electron chi connectivity index (χ1n) is 8.44. The number of ether oxygens (including phenoxy) is 1. The van der Waals surface area contributed by atoms with Crippen molar-refractivity contribution in [2.45, 2.75) is 12.5 Å². The van der Waals surface area contributed by atoms with Crippen LogP contribution < -0.4 is 5.32 Å². The van der Waals surface area contributed by atoms with Crippen LogP contribution in [0.1, 0.15) is 11.1 Å². The minimum atomic E-state index is -0.794. The van der Waals surface area contributed by atoms with E-state index in [0.29, 0.717) is 11.4 Å². The van der Waals surface area contributed by atoms with Crippen LogP contribution in [0, 0.1) is 0 Å². The molecule has 6 heteroatoms. The van der Waals surface area contributed by atoms with E-state index in [-0.39, 0.29) is 0 Å². The molecule has 0 spiro atoms. The van der Waals surface area contributed by atoms with Crippen LogP contribution in [0.4, 0.5) is 0 Å². The van der Waals surface area contributed by atoms with Crippen LogP contribution in [-0.2, 0) is 20.7 Å². The van der Waals surface area contributed by atoms with Crippen LogP contribution in [0.2, 0.25) is 5.02 Å². The molecule has 27 heavy (non-hydrogen) atoms. The lowest BCUT2D eigenvalue weighted by atomic mass is 10.0. The number of H-pyrrole nitrogens is 1. The third-order valence-electron chi connectivity index (χ3n) is 4.22. The second-order valence-electron chi connectivity index (χ2n) is 6.00. The Morgan fingerprint density at radius 3 is 2.70 bits per heavy atom. The minimum absolute atomic E-state index is 0.322. The summed E-state index contributed by atoms with van der Waals surface area (Å²) in [6, 6.07) is 14.2. The van der Waals surface area contributed by atoms with Gasteiger partial charge in [-0.2, -0.15) is 0 Å². The van der Waals surface area contributed by atoms with E-state index in [9.17, 15) is 9.59 Å². The highest BCUT2D eigenvalue weighted by molar-refractivity contribution is 6.32. The zero-order valence-electron chi connectivity index (χ0n) is 14.7. The molecule has 2 aromatic carbocycles. The lowest BCUT2D eigenvalue weighted by Gasteiger charge is -2.15. The van der Waals surface area contributed by atoms with Gasteiger partial charge in [-0.3, -0.25) is 4.79 Å². The maximum Gasteiger partial charge on any atom is 0.328 e. The zero-order chi connectivity index (χ0) is 19.2. The normalized spacial score (nSPS) is 12.2. The fourth-order valence-corrected chi connectivity index (χ4v) is 3.05. The van der Waals surface area contributed by atoms with Crippen molar-refractivity contribution in [3.05, 3.63) is 77.0 Å². The smallest absolute Gasteiger partial charge is 0.328 e. The highest BCUT2D eigenvalue weighted by Crippen LogP contribution is 2.19. The van der Waals surface area contributed by atoms with Crippen LogP contribution in [0.3, 0.4) is 0 Å². The van der Waals surface area contributed by atoms with Gasteiger partial charge in [0.25, 0.3) is 0 Å². The van der Waals surface area contributed by atoms with Gasteiger partial charge in [0, 0.05) is 34.6 Å². The summed E-state index contributed by atoms with van der Waals surface area (Å²) in [6.07, 6.45) is 5.12. The zero-order valence-corrected chi connectivity index (χ0v) is 15.5. The monoisotopic (exact) mass is 382 g/mol. The lowest BCUT2D eigenvalue weighted by Crippen LogP contribution is -2.42. The van der Waals surface area contributed by atoms with Crippen molar-refractivity contribution in [3.8, 4) is 0 Å². The third-order valence-corrected chi connectivity index (χ3v) is 4.56. The summed E-state index contributed by atoms with van der Waals surface area (Å²) >= 11 is 6.08. The predicted molar refractivity (Wildman–Crippen MR) is 106 cm³/mol. The molecule has 0 fully saturated rings. The fourth-order valence-electron chi connectivity index (χ4n) is 2.85. The highest BCUT2D eigenvalue weighted by Gasteiger charge is 2.22. The van der Waals surface area contributed by atoms with Crippen LogP contribution in [0.15, 0.2) is 60.8 Å². The predicted octanol–water partition coefficient (Wildman–Crippen LogP) is 3.74. The summed E-state index contributed by atoms with van der Waals surface area (Å²) in [6.45, 7) is 0. The minimum Gasteiger partial charge on any atom is -0.467 e. The average molecular weight is 383 g/mol. The average Bonchev–Trinajstić information content (AvgIpc) is 3.09. The van der Waals surface area contributed by atoms with Crippen molar-refractivity contribution in [3.63, 3.8) is 0 Å². The first-order valence-corrected chi connectivity index (χ1v) is 8.82. The number of carbonyl (C=O) groups excluding carboxylic acids is 2. The Balaban J connectivity index is 1.74. The third kappa shape index (κ3) is 4.57. The van der Waals surface area contributed by atoms with Crippen LogP contribution in [0.25, 0.3) is 17.0 Å². The molecular formula is C21H19ClN2O3. The maximum atomic E-state index is 12.3. The quantitative estimate of drug-likeness (QED) is 0.504. The standard InChI is InChI=1S/C21H19ClN2O3/c1-27-21(26)19(12-15-13-23-18-9-5-3-7-16(15)18)24-20(25)11-10-14-6-2-4-8-17(14)22/h2-11,13,19,23H,12H2,1H3,(H,24,25)/b11-10+/t19-/m1/s1. The number of aromatic nitrogens is 1. The number of carbonyl (C=O) groups is 2. The number of para-hydroxylation sites is 1. The van der Waals surface area contributed by atoms with Gasteiger partial charge < -0.3 is 15.0 Å². The fraction of sp³-hybridized carbons (Fsp3) is 0.143. The Labute approximate surface area is 162 Å². The van der Waals surface area contributed by atoms with Gasteiger partial charge in [0.15, 0.2) is 0 Å². The second-order valence-corrected chi connectivity index (χ2v) is 6.41. The van der Waals surface area contributed by atoms with Crippen molar-refractivity contribution < 1.29 is 14.3 Å². The van der Waals surface area contributed by atoms with E-state index in [1.807, 2.05) is 42.6 Å². The molecule has 0 aliphatic carbocycles. The van der Waals surface area contributed by atoms with E-state index in [2.05, 4.69) is 10.3 Å². The molecule has 0 aliphatic rings. The van der Waals surface area contributed by atoms with Gasteiger partial charge >= 0.3 is 5.97 Å². The largest absolute Gasteiger partial charge is 0.467 e. The summed E-state index contributed by atoms with van der Waals surface area (Å²) in [5.41, 5.74) is 2.62. The van der Waals surface area contributed by atoms with E-state index in [1.54, 1.807) is 18.2 Å². The molecule has 3 rings (SSSR count). The number of halogens is 1. The van der Waals surface area contributed by atoms with Gasteiger partial charge in [-0.15, -0.1) is 0 Å². The van der Waals surface area contributed by atoms with Crippen LogP contribution in [0.5, 0.6) is 0 Å². The SMILES string of the molecule is COC(=O)[C@@H](Cc1c[nH]c2ccccc12)NC(=O)/C=C/c1ccccc1Cl. The van der Waals surface area contributed by atoms with Crippen molar-refractivity contribution >= 4 is 40.5 Å². The molecule has 2 N–H and O–H groups in total. The number of esters is 1. The van der Waals surface area contributed by atoms with Crippen LogP contribution >= 0.6 is 11.6 Å². The molecule has 1 amide bonds. The van der Waals surface area contributed by atoms with Crippen molar-refractivity contribution in [1.29, 1.82) is 0 Å². The van der Waals surface area contributed by atoms with Gasteiger partial charge in [0.2, 0.25) is 5.91 Å². The van der Waals surface area contributed by atoms with E-state index in [0.717, 1.165) is 22.0 Å². The summed E-state index contributed by atoms with van der Waals surface area (Å²) in [7, 11) is 1.30. The van der Waals surface area contributed by atoms with Crippen molar-refractivity contribution in [1.82, 2.24) is 10.3 Å². The first-order chi connectivity index (χ1) is 13.1. The second kappa shape index (κ2) is 8.56.